The third-order valence-corrected chi connectivity index (χ3v) is 2.13. The van der Waals surface area contributed by atoms with Crippen molar-refractivity contribution in [2.24, 2.45) is 12.8 Å². The van der Waals surface area contributed by atoms with Gasteiger partial charge in [0.1, 0.15) is 17.8 Å². The minimum Gasteiger partial charge on any atom is -0.382 e. The largest absolute Gasteiger partial charge is 0.382 e. The van der Waals surface area contributed by atoms with Crippen molar-refractivity contribution in [2.75, 3.05) is 6.54 Å². The monoisotopic (exact) mass is 213 g/mol. The maximum atomic E-state index is 10.5. The number of aryl methyl sites for hydroxylation is 1. The van der Waals surface area contributed by atoms with Crippen molar-refractivity contribution in [3.63, 3.8) is 0 Å². The Labute approximate surface area is 87.3 Å². The molecule has 1 atom stereocenters. The minimum atomic E-state index is -1.17. The van der Waals surface area contributed by atoms with E-state index < -0.39 is 12.0 Å². The summed E-state index contributed by atoms with van der Waals surface area (Å²) in [6.07, 6.45) is -1.17. The van der Waals surface area contributed by atoms with Gasteiger partial charge in [0.25, 0.3) is 0 Å². The van der Waals surface area contributed by atoms with Crippen molar-refractivity contribution in [3.8, 4) is 0 Å². The lowest BCUT2D eigenvalue weighted by Crippen LogP contribution is -2.37. The van der Waals surface area contributed by atoms with E-state index >= 15 is 0 Å². The van der Waals surface area contributed by atoms with E-state index in [9.17, 15) is 4.79 Å². The van der Waals surface area contributed by atoms with Gasteiger partial charge in [-0.3, -0.25) is 4.79 Å². The highest BCUT2D eigenvalue weighted by Gasteiger charge is 2.10. The molecular formula is C8H15N5O2. The minimum absolute atomic E-state index is 0.112. The molecule has 0 spiro atoms. The first kappa shape index (κ1) is 11.6. The fraction of sp³-hybridized carbons (Fsp3) is 0.625. The number of rotatable bonds is 5. The number of nitrogens with two attached hydrogens (primary N) is 1. The molecule has 1 rings (SSSR count). The van der Waals surface area contributed by atoms with E-state index in [1.54, 1.807) is 0 Å². The smallest absolute Gasteiger partial charge is 0.247 e. The van der Waals surface area contributed by atoms with Gasteiger partial charge in [-0.1, -0.05) is 0 Å². The number of aromatic nitrogens is 3. The van der Waals surface area contributed by atoms with Gasteiger partial charge in [-0.2, -0.15) is 0 Å². The molecule has 15 heavy (non-hydrogen) atoms. The van der Waals surface area contributed by atoms with Crippen LogP contribution in [0.3, 0.4) is 0 Å². The zero-order valence-corrected chi connectivity index (χ0v) is 8.77. The predicted octanol–water partition coefficient (Wildman–Crippen LogP) is -1.94. The second-order valence-electron chi connectivity index (χ2n) is 3.27. The Morgan fingerprint density at radius 2 is 2.33 bits per heavy atom. The Balaban J connectivity index is 2.38. The lowest BCUT2D eigenvalue weighted by atomic mass is 10.3. The zero-order valence-electron chi connectivity index (χ0n) is 8.77. The molecule has 0 bridgehead atoms. The van der Waals surface area contributed by atoms with E-state index in [0.29, 0.717) is 6.54 Å². The topological polar surface area (TPSA) is 106 Å². The lowest BCUT2D eigenvalue weighted by Gasteiger charge is -2.07. The fourth-order valence-electron chi connectivity index (χ4n) is 1.03. The molecule has 4 N–H and O–H groups in total. The number of nitrogens with zero attached hydrogens (tertiary/aromatic N) is 3. The molecule has 0 aliphatic heterocycles. The average Bonchev–Trinajstić information content (AvgIpc) is 2.49. The molecule has 1 unspecified atom stereocenters. The van der Waals surface area contributed by atoms with Gasteiger partial charge in [0, 0.05) is 13.6 Å². The van der Waals surface area contributed by atoms with Crippen molar-refractivity contribution in [1.29, 1.82) is 0 Å². The molecule has 1 aromatic rings. The Morgan fingerprint density at radius 3 is 2.80 bits per heavy atom. The molecule has 0 aliphatic carbocycles. The molecule has 1 amide bonds. The predicted molar refractivity (Wildman–Crippen MR) is 52.6 cm³/mol. The van der Waals surface area contributed by atoms with Crippen LogP contribution in [0.2, 0.25) is 0 Å². The second-order valence-corrected chi connectivity index (χ2v) is 3.27. The third-order valence-electron chi connectivity index (χ3n) is 2.13. The van der Waals surface area contributed by atoms with Gasteiger partial charge in [-0.05, 0) is 6.92 Å². The second kappa shape index (κ2) is 4.85. The van der Waals surface area contributed by atoms with Crippen LogP contribution in [0.15, 0.2) is 0 Å². The van der Waals surface area contributed by atoms with Gasteiger partial charge in [0.05, 0.1) is 6.54 Å². The number of hydrogen-bond donors (Lipinski definition) is 3. The van der Waals surface area contributed by atoms with Crippen LogP contribution in [-0.4, -0.2) is 38.4 Å². The Kier molecular flexibility index (Phi) is 3.75. The van der Waals surface area contributed by atoms with Crippen molar-refractivity contribution in [2.45, 2.75) is 19.6 Å². The van der Waals surface area contributed by atoms with E-state index in [0.717, 1.165) is 11.6 Å². The standard InChI is InChI=1S/C8H15N5O2/c1-5-11-12-7(13(5)2)4-10-3-6(14)8(9)15/h6,10,14H,3-4H2,1-2H3,(H2,9,15). The van der Waals surface area contributed by atoms with E-state index in [1.165, 1.54) is 0 Å². The SMILES string of the molecule is Cc1nnc(CNCC(O)C(N)=O)n1C. The van der Waals surface area contributed by atoms with Crippen LogP contribution in [0.1, 0.15) is 11.6 Å². The van der Waals surface area contributed by atoms with Gasteiger partial charge in [-0.25, -0.2) is 0 Å². The van der Waals surface area contributed by atoms with Gasteiger partial charge in [0.2, 0.25) is 5.91 Å². The van der Waals surface area contributed by atoms with Crippen molar-refractivity contribution in [1.82, 2.24) is 20.1 Å². The van der Waals surface area contributed by atoms with Crippen molar-refractivity contribution >= 4 is 5.91 Å². The Morgan fingerprint density at radius 1 is 1.67 bits per heavy atom. The number of amides is 1. The molecule has 0 radical (unpaired) electrons. The molecule has 7 nitrogen and oxygen atoms in total. The molecular weight excluding hydrogens is 198 g/mol. The number of aliphatic hydroxyl groups is 1. The Hall–Kier alpha value is -1.47. The molecule has 0 fully saturated rings. The summed E-state index contributed by atoms with van der Waals surface area (Å²) in [5.41, 5.74) is 4.89. The first-order chi connectivity index (χ1) is 7.02. The zero-order chi connectivity index (χ0) is 11.4. The summed E-state index contributed by atoms with van der Waals surface area (Å²) in [5, 5.41) is 19.7. The van der Waals surface area contributed by atoms with Crippen molar-refractivity contribution < 1.29 is 9.90 Å². The first-order valence-corrected chi connectivity index (χ1v) is 4.55. The summed E-state index contributed by atoms with van der Waals surface area (Å²) in [4.78, 5) is 10.5. The highest BCUT2D eigenvalue weighted by atomic mass is 16.3. The number of primary amides is 1. The normalized spacial score (nSPS) is 12.7. The van der Waals surface area contributed by atoms with Crippen molar-refractivity contribution in [3.05, 3.63) is 11.6 Å². The van der Waals surface area contributed by atoms with E-state index in [2.05, 4.69) is 15.5 Å². The molecule has 0 aliphatic rings. The van der Waals surface area contributed by atoms with Gasteiger partial charge >= 0.3 is 0 Å². The molecule has 1 aromatic heterocycles. The van der Waals surface area contributed by atoms with Crippen LogP contribution < -0.4 is 11.1 Å². The van der Waals surface area contributed by atoms with Gasteiger partial charge in [0.15, 0.2) is 0 Å². The number of carbonyl (C=O) groups excluding carboxylic acids is 1. The van der Waals surface area contributed by atoms with Crippen LogP contribution in [0.4, 0.5) is 0 Å². The Bertz CT molecular complexity index is 349. The number of aliphatic hydroxyl groups excluding tert-OH is 1. The van der Waals surface area contributed by atoms with Crippen LogP contribution in [0, 0.1) is 6.92 Å². The third kappa shape index (κ3) is 3.00. The first-order valence-electron chi connectivity index (χ1n) is 4.55. The summed E-state index contributed by atoms with van der Waals surface area (Å²) in [6.45, 7) is 2.39. The summed E-state index contributed by atoms with van der Waals surface area (Å²) in [6, 6.07) is 0. The van der Waals surface area contributed by atoms with Gasteiger partial charge < -0.3 is 20.7 Å². The molecule has 0 aromatic carbocycles. The molecule has 0 saturated carbocycles. The molecule has 0 saturated heterocycles. The molecule has 84 valence electrons. The van der Waals surface area contributed by atoms with E-state index in [1.807, 2.05) is 18.5 Å². The fourth-order valence-corrected chi connectivity index (χ4v) is 1.03. The number of hydrogen-bond acceptors (Lipinski definition) is 5. The molecule has 7 heteroatoms. The maximum absolute atomic E-state index is 10.5. The quantitative estimate of drug-likeness (QED) is 0.527. The summed E-state index contributed by atoms with van der Waals surface area (Å²) in [5.74, 6) is 0.808. The number of carbonyl (C=O) groups is 1. The highest BCUT2D eigenvalue weighted by molar-refractivity contribution is 5.78. The van der Waals surface area contributed by atoms with E-state index in [-0.39, 0.29) is 6.54 Å². The van der Waals surface area contributed by atoms with Crippen LogP contribution in [-0.2, 0) is 18.4 Å². The highest BCUT2D eigenvalue weighted by Crippen LogP contribution is 1.96. The average molecular weight is 213 g/mol. The van der Waals surface area contributed by atoms with Gasteiger partial charge in [-0.15, -0.1) is 10.2 Å². The van der Waals surface area contributed by atoms with Crippen LogP contribution >= 0.6 is 0 Å². The van der Waals surface area contributed by atoms with Crippen LogP contribution in [0.25, 0.3) is 0 Å². The summed E-state index contributed by atoms with van der Waals surface area (Å²) >= 11 is 0. The maximum Gasteiger partial charge on any atom is 0.247 e. The number of nitrogens with one attached hydrogen (secondary N) is 1. The lowest BCUT2D eigenvalue weighted by molar-refractivity contribution is -0.125. The molecule has 1 heterocycles. The summed E-state index contributed by atoms with van der Waals surface area (Å²) in [7, 11) is 1.84. The summed E-state index contributed by atoms with van der Waals surface area (Å²) < 4.78 is 1.82. The van der Waals surface area contributed by atoms with E-state index in [4.69, 9.17) is 10.8 Å². The van der Waals surface area contributed by atoms with Crippen LogP contribution in [0.5, 0.6) is 0 Å².